The van der Waals surface area contributed by atoms with Crippen LogP contribution in [0.4, 0.5) is 0 Å². The van der Waals surface area contributed by atoms with Crippen molar-refractivity contribution in [2.45, 2.75) is 5.60 Å². The predicted molar refractivity (Wildman–Crippen MR) is 50.5 cm³/mol. The molecule has 1 atom stereocenters. The molecule has 2 rings (SSSR count). The first-order valence-electron chi connectivity index (χ1n) is 4.29. The van der Waals surface area contributed by atoms with Crippen LogP contribution in [0.15, 0.2) is 30.9 Å². The second-order valence-corrected chi connectivity index (χ2v) is 2.88. The van der Waals surface area contributed by atoms with E-state index in [0.29, 0.717) is 0 Å². The van der Waals surface area contributed by atoms with Crippen LogP contribution in [0.2, 0.25) is 0 Å². The van der Waals surface area contributed by atoms with E-state index in [1.54, 1.807) is 12.2 Å². The van der Waals surface area contributed by atoms with Gasteiger partial charge in [0.05, 0.1) is 0 Å². The van der Waals surface area contributed by atoms with Gasteiger partial charge in [0, 0.05) is 13.2 Å². The summed E-state index contributed by atoms with van der Waals surface area (Å²) in [5.74, 6) is -0.00991. The molecule has 5 nitrogen and oxygen atoms in total. The number of carbonyl (C=O) groups is 1. The number of methoxy groups -OCH3 is 1. The lowest BCUT2D eigenvalue weighted by Gasteiger charge is -2.25. The summed E-state index contributed by atoms with van der Waals surface area (Å²) in [7, 11) is 1.42. The zero-order chi connectivity index (χ0) is 10.7. The van der Waals surface area contributed by atoms with E-state index >= 15 is 0 Å². The van der Waals surface area contributed by atoms with Crippen LogP contribution in [0, 0.1) is 6.08 Å². The first-order valence-corrected chi connectivity index (χ1v) is 4.29. The SMILES string of the molecule is COC1(c2ncncn2)[C]=CC=CC1=O. The Morgan fingerprint density at radius 3 is 2.73 bits per heavy atom. The fraction of sp³-hybridized carbons (Fsp3) is 0.200. The zero-order valence-corrected chi connectivity index (χ0v) is 8.04. The van der Waals surface area contributed by atoms with Crippen molar-refractivity contribution in [3.63, 3.8) is 0 Å². The number of hydrogen-bond donors (Lipinski definition) is 0. The van der Waals surface area contributed by atoms with E-state index in [9.17, 15) is 4.79 Å². The number of ether oxygens (including phenoxy) is 1. The van der Waals surface area contributed by atoms with Crippen molar-refractivity contribution >= 4 is 5.78 Å². The molecule has 1 aromatic heterocycles. The predicted octanol–water partition coefficient (Wildman–Crippen LogP) is 0.212. The Morgan fingerprint density at radius 2 is 2.13 bits per heavy atom. The molecule has 0 spiro atoms. The van der Waals surface area contributed by atoms with E-state index in [4.69, 9.17) is 4.74 Å². The maximum Gasteiger partial charge on any atom is 0.215 e. The molecule has 0 amide bonds. The van der Waals surface area contributed by atoms with Crippen LogP contribution in [0.3, 0.4) is 0 Å². The van der Waals surface area contributed by atoms with Gasteiger partial charge in [-0.15, -0.1) is 0 Å². The average molecular weight is 202 g/mol. The Balaban J connectivity index is 2.51. The molecule has 1 aliphatic rings. The maximum absolute atomic E-state index is 11.8. The van der Waals surface area contributed by atoms with Crippen molar-refractivity contribution in [1.82, 2.24) is 15.0 Å². The van der Waals surface area contributed by atoms with Crippen molar-refractivity contribution in [3.8, 4) is 0 Å². The highest BCUT2D eigenvalue weighted by Crippen LogP contribution is 2.26. The molecule has 0 saturated carbocycles. The van der Waals surface area contributed by atoms with Crippen LogP contribution in [-0.4, -0.2) is 27.8 Å². The Labute approximate surface area is 86.5 Å². The standard InChI is InChI=1S/C10H8N3O2/c1-15-10(5-3-2-4-8(10)14)9-12-6-11-7-13-9/h2-4,6-7H,1H3. The number of carbonyl (C=O) groups excluding carboxylic acids is 1. The van der Waals surface area contributed by atoms with Crippen LogP contribution < -0.4 is 0 Å². The highest BCUT2D eigenvalue weighted by atomic mass is 16.5. The number of rotatable bonds is 2. The third kappa shape index (κ3) is 1.46. The molecular formula is C10H8N3O2. The van der Waals surface area contributed by atoms with Gasteiger partial charge in [0.25, 0.3) is 0 Å². The lowest BCUT2D eigenvalue weighted by atomic mass is 9.92. The highest BCUT2D eigenvalue weighted by molar-refractivity contribution is 5.99. The zero-order valence-electron chi connectivity index (χ0n) is 8.04. The van der Waals surface area contributed by atoms with Gasteiger partial charge in [-0.05, 0) is 6.08 Å². The van der Waals surface area contributed by atoms with Crippen molar-refractivity contribution in [3.05, 3.63) is 42.8 Å². The molecule has 1 unspecified atom stereocenters. The quantitative estimate of drug-likeness (QED) is 0.686. The summed E-state index contributed by atoms with van der Waals surface area (Å²) in [6.07, 6.45) is 10.1. The van der Waals surface area contributed by atoms with Gasteiger partial charge < -0.3 is 4.74 Å². The van der Waals surface area contributed by atoms with Crippen LogP contribution in [-0.2, 0) is 15.1 Å². The molecular weight excluding hydrogens is 194 g/mol. The molecule has 75 valence electrons. The fourth-order valence-corrected chi connectivity index (χ4v) is 1.34. The average Bonchev–Trinajstić information content (AvgIpc) is 2.31. The van der Waals surface area contributed by atoms with Crippen molar-refractivity contribution in [2.75, 3.05) is 7.11 Å². The first kappa shape index (κ1) is 9.67. The van der Waals surface area contributed by atoms with Gasteiger partial charge in [-0.25, -0.2) is 15.0 Å². The van der Waals surface area contributed by atoms with Gasteiger partial charge in [0.1, 0.15) is 12.7 Å². The summed E-state index contributed by atoms with van der Waals surface area (Å²) in [4.78, 5) is 23.3. The third-order valence-corrected chi connectivity index (χ3v) is 2.09. The monoisotopic (exact) mass is 202 g/mol. The molecule has 0 aromatic carbocycles. The summed E-state index contributed by atoms with van der Waals surface area (Å²) >= 11 is 0. The molecule has 0 aliphatic heterocycles. The second kappa shape index (κ2) is 3.70. The molecule has 0 bridgehead atoms. The summed E-state index contributed by atoms with van der Waals surface area (Å²) < 4.78 is 5.18. The largest absolute Gasteiger partial charge is 0.358 e. The Bertz CT molecular complexity index is 428. The van der Waals surface area contributed by atoms with E-state index in [-0.39, 0.29) is 11.6 Å². The number of ketones is 1. The Morgan fingerprint density at radius 1 is 1.40 bits per heavy atom. The molecule has 0 fully saturated rings. The van der Waals surface area contributed by atoms with E-state index in [0.717, 1.165) is 0 Å². The smallest absolute Gasteiger partial charge is 0.215 e. The lowest BCUT2D eigenvalue weighted by Crippen LogP contribution is -2.38. The van der Waals surface area contributed by atoms with Crippen LogP contribution in [0.25, 0.3) is 0 Å². The second-order valence-electron chi connectivity index (χ2n) is 2.88. The van der Waals surface area contributed by atoms with E-state index in [1.165, 1.54) is 25.8 Å². The topological polar surface area (TPSA) is 65.0 Å². The maximum atomic E-state index is 11.8. The summed E-state index contributed by atoms with van der Waals surface area (Å²) in [5.41, 5.74) is -1.32. The van der Waals surface area contributed by atoms with Crippen molar-refractivity contribution in [2.24, 2.45) is 0 Å². The van der Waals surface area contributed by atoms with Gasteiger partial charge in [-0.1, -0.05) is 12.2 Å². The highest BCUT2D eigenvalue weighted by Gasteiger charge is 2.40. The molecule has 1 aliphatic carbocycles. The molecule has 1 aromatic rings. The van der Waals surface area contributed by atoms with Gasteiger partial charge in [0.15, 0.2) is 11.6 Å². The molecule has 0 saturated heterocycles. The van der Waals surface area contributed by atoms with E-state index in [1.807, 2.05) is 0 Å². The van der Waals surface area contributed by atoms with Gasteiger partial charge in [0.2, 0.25) is 5.60 Å². The number of aromatic nitrogens is 3. The normalized spacial score (nSPS) is 24.5. The minimum absolute atomic E-state index is 0.241. The summed E-state index contributed by atoms with van der Waals surface area (Å²) in [6, 6.07) is 0. The van der Waals surface area contributed by atoms with Crippen molar-refractivity contribution < 1.29 is 9.53 Å². The van der Waals surface area contributed by atoms with E-state index < -0.39 is 5.60 Å². The Hall–Kier alpha value is -1.88. The van der Waals surface area contributed by atoms with Crippen LogP contribution >= 0.6 is 0 Å². The lowest BCUT2D eigenvalue weighted by molar-refractivity contribution is -0.133. The Kier molecular flexibility index (Phi) is 2.39. The van der Waals surface area contributed by atoms with Gasteiger partial charge >= 0.3 is 0 Å². The van der Waals surface area contributed by atoms with E-state index in [2.05, 4.69) is 21.0 Å². The fourth-order valence-electron chi connectivity index (χ4n) is 1.34. The third-order valence-electron chi connectivity index (χ3n) is 2.09. The molecule has 5 heteroatoms. The minimum atomic E-state index is -1.32. The van der Waals surface area contributed by atoms with Crippen molar-refractivity contribution in [1.29, 1.82) is 0 Å². The number of nitrogens with zero attached hydrogens (tertiary/aromatic N) is 3. The number of hydrogen-bond acceptors (Lipinski definition) is 5. The van der Waals surface area contributed by atoms with Crippen LogP contribution in [0.5, 0.6) is 0 Å². The minimum Gasteiger partial charge on any atom is -0.358 e. The van der Waals surface area contributed by atoms with Gasteiger partial charge in [-0.2, -0.15) is 0 Å². The van der Waals surface area contributed by atoms with Gasteiger partial charge in [-0.3, -0.25) is 4.79 Å². The number of allylic oxidation sites excluding steroid dienone is 2. The molecule has 1 radical (unpaired) electrons. The summed E-state index contributed by atoms with van der Waals surface area (Å²) in [5, 5.41) is 0. The first-order chi connectivity index (χ1) is 7.29. The van der Waals surface area contributed by atoms with Crippen LogP contribution in [0.1, 0.15) is 5.82 Å². The molecule has 15 heavy (non-hydrogen) atoms. The summed E-state index contributed by atoms with van der Waals surface area (Å²) in [6.45, 7) is 0. The molecule has 0 N–H and O–H groups in total. The molecule has 1 heterocycles.